The Bertz CT molecular complexity index is 332. The number of hydrogen-bond acceptors (Lipinski definition) is 2. The smallest absolute Gasteiger partial charge is 0.0772 e. The molecule has 0 saturated heterocycles. The van der Waals surface area contributed by atoms with Crippen LogP contribution >= 0.6 is 0 Å². The van der Waals surface area contributed by atoms with Crippen molar-refractivity contribution in [3.63, 3.8) is 0 Å². The lowest BCUT2D eigenvalue weighted by atomic mass is 9.68. The van der Waals surface area contributed by atoms with Gasteiger partial charge in [-0.3, -0.25) is 0 Å². The number of nitrogens with one attached hydrogen (secondary N) is 1. The van der Waals surface area contributed by atoms with Gasteiger partial charge in [0.15, 0.2) is 0 Å². The summed E-state index contributed by atoms with van der Waals surface area (Å²) in [6.07, 6.45) is 9.56. The van der Waals surface area contributed by atoms with Crippen LogP contribution in [0.4, 0.5) is 0 Å². The standard InChI is InChI=1S/C19H37NO/c1-17(2,3)15-8-6-7-9-16(15)20-14-19(21)12-10-18(4,5)11-13-19/h15-16,20-21H,6-14H2,1-5H3. The van der Waals surface area contributed by atoms with Crippen LogP contribution in [0, 0.1) is 16.7 Å². The maximum Gasteiger partial charge on any atom is 0.0772 e. The van der Waals surface area contributed by atoms with Gasteiger partial charge in [0.2, 0.25) is 0 Å². The molecule has 0 aromatic heterocycles. The third-order valence-electron chi connectivity index (χ3n) is 6.11. The Morgan fingerprint density at radius 1 is 1.00 bits per heavy atom. The summed E-state index contributed by atoms with van der Waals surface area (Å²) >= 11 is 0. The highest BCUT2D eigenvalue weighted by Crippen LogP contribution is 2.41. The number of rotatable bonds is 3. The molecular weight excluding hydrogens is 258 g/mol. The molecule has 0 amide bonds. The minimum atomic E-state index is -0.463. The third kappa shape index (κ3) is 4.69. The van der Waals surface area contributed by atoms with Crippen molar-refractivity contribution >= 4 is 0 Å². The fourth-order valence-corrected chi connectivity index (χ4v) is 4.30. The van der Waals surface area contributed by atoms with Crippen LogP contribution in [0.2, 0.25) is 0 Å². The van der Waals surface area contributed by atoms with Gasteiger partial charge >= 0.3 is 0 Å². The van der Waals surface area contributed by atoms with Crippen LogP contribution in [-0.4, -0.2) is 23.3 Å². The van der Waals surface area contributed by atoms with Crippen molar-refractivity contribution in [3.8, 4) is 0 Å². The summed E-state index contributed by atoms with van der Waals surface area (Å²) in [4.78, 5) is 0. The van der Waals surface area contributed by atoms with E-state index in [1.165, 1.54) is 25.7 Å². The Morgan fingerprint density at radius 3 is 2.14 bits per heavy atom. The largest absolute Gasteiger partial charge is 0.389 e. The first-order chi connectivity index (χ1) is 9.61. The topological polar surface area (TPSA) is 32.3 Å². The monoisotopic (exact) mass is 295 g/mol. The van der Waals surface area contributed by atoms with E-state index in [1.54, 1.807) is 0 Å². The molecule has 2 atom stereocenters. The molecule has 0 aromatic rings. The first-order valence-corrected chi connectivity index (χ1v) is 9.07. The lowest BCUT2D eigenvalue weighted by Gasteiger charge is -2.44. The summed E-state index contributed by atoms with van der Waals surface area (Å²) < 4.78 is 0. The van der Waals surface area contributed by atoms with Crippen LogP contribution in [0.1, 0.15) is 86.0 Å². The Morgan fingerprint density at radius 2 is 1.57 bits per heavy atom. The molecule has 2 fully saturated rings. The van der Waals surface area contributed by atoms with Crippen LogP contribution in [0.5, 0.6) is 0 Å². The van der Waals surface area contributed by atoms with Crippen molar-refractivity contribution in [2.24, 2.45) is 16.7 Å². The third-order valence-corrected chi connectivity index (χ3v) is 6.11. The van der Waals surface area contributed by atoms with E-state index < -0.39 is 5.60 Å². The van der Waals surface area contributed by atoms with Gasteiger partial charge in [0.25, 0.3) is 0 Å². The van der Waals surface area contributed by atoms with Gasteiger partial charge in [-0.2, -0.15) is 0 Å². The van der Waals surface area contributed by atoms with Crippen LogP contribution in [0.3, 0.4) is 0 Å². The molecule has 0 heterocycles. The highest BCUT2D eigenvalue weighted by atomic mass is 16.3. The average Bonchev–Trinajstić information content (AvgIpc) is 2.40. The molecule has 2 heteroatoms. The zero-order valence-corrected chi connectivity index (χ0v) is 15.0. The van der Waals surface area contributed by atoms with E-state index >= 15 is 0 Å². The van der Waals surface area contributed by atoms with Gasteiger partial charge in [-0.15, -0.1) is 0 Å². The molecule has 0 aliphatic heterocycles. The zero-order valence-electron chi connectivity index (χ0n) is 15.0. The second kappa shape index (κ2) is 6.20. The molecule has 0 aromatic carbocycles. The maximum absolute atomic E-state index is 10.9. The molecule has 2 nitrogen and oxygen atoms in total. The summed E-state index contributed by atoms with van der Waals surface area (Å²) in [6.45, 7) is 12.6. The second-order valence-corrected chi connectivity index (χ2v) is 9.63. The van der Waals surface area contributed by atoms with Crippen LogP contribution in [-0.2, 0) is 0 Å². The van der Waals surface area contributed by atoms with E-state index in [4.69, 9.17) is 0 Å². The lowest BCUT2D eigenvalue weighted by molar-refractivity contribution is -0.0303. The van der Waals surface area contributed by atoms with Crippen LogP contribution in [0.15, 0.2) is 0 Å². The number of hydrogen-bond donors (Lipinski definition) is 2. The Hall–Kier alpha value is -0.0800. The Labute approximate surface area is 132 Å². The highest BCUT2D eigenvalue weighted by molar-refractivity contribution is 4.94. The van der Waals surface area contributed by atoms with Crippen molar-refractivity contribution in [1.82, 2.24) is 5.32 Å². The first-order valence-electron chi connectivity index (χ1n) is 9.07. The van der Waals surface area contributed by atoms with Gasteiger partial charge in [-0.1, -0.05) is 47.5 Å². The van der Waals surface area contributed by atoms with Gasteiger partial charge in [0.1, 0.15) is 0 Å². The van der Waals surface area contributed by atoms with Crippen molar-refractivity contribution in [1.29, 1.82) is 0 Å². The molecule has 2 saturated carbocycles. The SMILES string of the molecule is CC1(C)CCC(O)(CNC2CCCCC2C(C)(C)C)CC1. The molecule has 2 aliphatic rings. The van der Waals surface area contributed by atoms with Crippen molar-refractivity contribution < 1.29 is 5.11 Å². The molecule has 0 radical (unpaired) electrons. The quantitative estimate of drug-likeness (QED) is 0.803. The van der Waals surface area contributed by atoms with E-state index in [-0.39, 0.29) is 0 Å². The van der Waals surface area contributed by atoms with Crippen LogP contribution < -0.4 is 5.32 Å². The molecule has 2 aliphatic carbocycles. The Kier molecular flexibility index (Phi) is 5.10. The van der Waals surface area contributed by atoms with E-state index in [9.17, 15) is 5.11 Å². The lowest BCUT2D eigenvalue weighted by Crippen LogP contribution is -2.51. The van der Waals surface area contributed by atoms with Gasteiger partial charge in [0, 0.05) is 12.6 Å². The zero-order chi connectivity index (χ0) is 15.7. The predicted octanol–water partition coefficient (Wildman–Crippen LogP) is 4.51. The molecule has 0 bridgehead atoms. The fourth-order valence-electron chi connectivity index (χ4n) is 4.30. The average molecular weight is 296 g/mol. The molecule has 124 valence electrons. The molecule has 2 unspecified atom stereocenters. The van der Waals surface area contributed by atoms with Gasteiger partial charge in [-0.25, -0.2) is 0 Å². The summed E-state index contributed by atoms with van der Waals surface area (Å²) in [6, 6.07) is 0.595. The van der Waals surface area contributed by atoms with E-state index in [0.29, 0.717) is 16.9 Å². The second-order valence-electron chi connectivity index (χ2n) is 9.63. The van der Waals surface area contributed by atoms with Gasteiger partial charge in [0.05, 0.1) is 5.60 Å². The molecule has 21 heavy (non-hydrogen) atoms. The summed E-state index contributed by atoms with van der Waals surface area (Å²) in [5, 5.41) is 14.6. The van der Waals surface area contributed by atoms with E-state index in [1.807, 2.05) is 0 Å². The maximum atomic E-state index is 10.9. The molecule has 2 rings (SSSR count). The summed E-state index contributed by atoms with van der Waals surface area (Å²) in [7, 11) is 0. The minimum absolute atomic E-state index is 0.370. The molecule has 0 spiro atoms. The number of aliphatic hydroxyl groups is 1. The highest BCUT2D eigenvalue weighted by Gasteiger charge is 2.39. The van der Waals surface area contributed by atoms with Crippen LogP contribution in [0.25, 0.3) is 0 Å². The van der Waals surface area contributed by atoms with E-state index in [0.717, 1.165) is 38.1 Å². The summed E-state index contributed by atoms with van der Waals surface area (Å²) in [5.74, 6) is 0.745. The predicted molar refractivity (Wildman–Crippen MR) is 90.4 cm³/mol. The van der Waals surface area contributed by atoms with Crippen molar-refractivity contribution in [3.05, 3.63) is 0 Å². The molecular formula is C19H37NO. The fraction of sp³-hybridized carbons (Fsp3) is 1.00. The summed E-state index contributed by atoms with van der Waals surface area (Å²) in [5.41, 5.74) is 0.329. The van der Waals surface area contributed by atoms with Gasteiger partial charge in [-0.05, 0) is 55.3 Å². The Balaban J connectivity index is 1.89. The first kappa shape index (κ1) is 17.3. The van der Waals surface area contributed by atoms with Gasteiger partial charge < -0.3 is 10.4 Å². The molecule has 2 N–H and O–H groups in total. The minimum Gasteiger partial charge on any atom is -0.389 e. The normalized spacial score (nSPS) is 32.9. The van der Waals surface area contributed by atoms with Crippen molar-refractivity contribution in [2.45, 2.75) is 97.6 Å². The van der Waals surface area contributed by atoms with Crippen molar-refractivity contribution in [2.75, 3.05) is 6.54 Å². The van der Waals surface area contributed by atoms with E-state index in [2.05, 4.69) is 39.9 Å².